The predicted molar refractivity (Wildman–Crippen MR) is 151 cm³/mol. The molecule has 1 atom stereocenters. The second kappa shape index (κ2) is 11.1. The molecule has 8 heteroatoms. The van der Waals surface area contributed by atoms with Gasteiger partial charge in [-0.3, -0.25) is 14.4 Å². The molecule has 1 amide bonds. The van der Waals surface area contributed by atoms with Crippen molar-refractivity contribution in [1.29, 1.82) is 0 Å². The van der Waals surface area contributed by atoms with E-state index in [0.29, 0.717) is 17.4 Å². The number of nitrogens with one attached hydrogen (secondary N) is 3. The number of pyridine rings is 1. The number of anilines is 1. The monoisotopic (exact) mass is 511 g/mol. The lowest BCUT2D eigenvalue weighted by molar-refractivity contribution is 0.102. The Morgan fingerprint density at radius 3 is 2.71 bits per heavy atom. The van der Waals surface area contributed by atoms with Crippen LogP contribution < -0.4 is 10.6 Å². The maximum atomic E-state index is 12.9. The van der Waals surface area contributed by atoms with E-state index in [9.17, 15) is 4.79 Å². The molecule has 38 heavy (non-hydrogen) atoms. The lowest BCUT2D eigenvalue weighted by Gasteiger charge is -2.22. The zero-order valence-corrected chi connectivity index (χ0v) is 22.1. The molecule has 2 saturated heterocycles. The molecule has 1 aromatic carbocycles. The van der Waals surface area contributed by atoms with Crippen LogP contribution >= 0.6 is 0 Å². The van der Waals surface area contributed by atoms with Crippen LogP contribution in [-0.2, 0) is 6.54 Å². The molecule has 0 saturated carbocycles. The number of aryl methyl sites for hydroxylation is 1. The van der Waals surface area contributed by atoms with Gasteiger partial charge in [0.05, 0.1) is 11.7 Å². The van der Waals surface area contributed by atoms with Crippen molar-refractivity contribution in [3.8, 4) is 11.1 Å². The molecule has 198 valence electrons. The SMILES string of the molecule is CN1CCC[C@@H]1c1cc2cnc(NC(=O)c3ccc(-c4cnn(CCCC5CCNCC5)c4)cc3)cc2[nH]1. The number of carbonyl (C=O) groups is 1. The van der Waals surface area contributed by atoms with E-state index in [1.54, 1.807) is 0 Å². The number of piperidine rings is 1. The van der Waals surface area contributed by atoms with E-state index < -0.39 is 0 Å². The Morgan fingerprint density at radius 2 is 1.92 bits per heavy atom. The first-order chi connectivity index (χ1) is 18.6. The van der Waals surface area contributed by atoms with Crippen LogP contribution in [0, 0.1) is 5.92 Å². The van der Waals surface area contributed by atoms with E-state index in [2.05, 4.69) is 49.9 Å². The van der Waals surface area contributed by atoms with Crippen molar-refractivity contribution in [1.82, 2.24) is 30.0 Å². The van der Waals surface area contributed by atoms with E-state index in [1.807, 2.05) is 47.4 Å². The molecule has 0 spiro atoms. The molecule has 0 aliphatic carbocycles. The highest BCUT2D eigenvalue weighted by Gasteiger charge is 2.24. The van der Waals surface area contributed by atoms with Crippen LogP contribution in [0.25, 0.3) is 22.0 Å². The molecular formula is C30H37N7O. The average molecular weight is 512 g/mol. The number of rotatable bonds is 8. The molecule has 4 aromatic rings. The third-order valence-electron chi connectivity index (χ3n) is 8.22. The van der Waals surface area contributed by atoms with Crippen LogP contribution in [0.1, 0.15) is 60.6 Å². The summed E-state index contributed by atoms with van der Waals surface area (Å²) >= 11 is 0. The van der Waals surface area contributed by atoms with Gasteiger partial charge in [0.2, 0.25) is 0 Å². The van der Waals surface area contributed by atoms with Crippen LogP contribution in [-0.4, -0.2) is 57.2 Å². The Hall–Kier alpha value is -3.49. The number of benzene rings is 1. The van der Waals surface area contributed by atoms with Crippen molar-refractivity contribution in [2.75, 3.05) is 32.0 Å². The Labute approximate surface area is 223 Å². The summed E-state index contributed by atoms with van der Waals surface area (Å²) in [5.41, 5.74) is 4.94. The molecule has 8 nitrogen and oxygen atoms in total. The maximum absolute atomic E-state index is 12.9. The van der Waals surface area contributed by atoms with Crippen LogP contribution in [0.5, 0.6) is 0 Å². The molecule has 0 radical (unpaired) electrons. The summed E-state index contributed by atoms with van der Waals surface area (Å²) in [6, 6.07) is 12.2. The van der Waals surface area contributed by atoms with Crippen molar-refractivity contribution >= 4 is 22.6 Å². The summed E-state index contributed by atoms with van der Waals surface area (Å²) in [5, 5.41) is 12.0. The summed E-state index contributed by atoms with van der Waals surface area (Å²) in [5.74, 6) is 1.23. The van der Waals surface area contributed by atoms with Gasteiger partial charge < -0.3 is 15.6 Å². The maximum Gasteiger partial charge on any atom is 0.256 e. The van der Waals surface area contributed by atoms with Gasteiger partial charge in [0.1, 0.15) is 5.82 Å². The zero-order valence-electron chi connectivity index (χ0n) is 22.1. The van der Waals surface area contributed by atoms with Gasteiger partial charge in [0.15, 0.2) is 0 Å². The quantitative estimate of drug-likeness (QED) is 0.302. The number of aromatic nitrogens is 4. The second-order valence-corrected chi connectivity index (χ2v) is 10.9. The fourth-order valence-corrected chi connectivity index (χ4v) is 5.95. The third-order valence-corrected chi connectivity index (χ3v) is 8.22. The highest BCUT2D eigenvalue weighted by Crippen LogP contribution is 2.32. The highest BCUT2D eigenvalue weighted by atomic mass is 16.1. The largest absolute Gasteiger partial charge is 0.357 e. The lowest BCUT2D eigenvalue weighted by atomic mass is 9.93. The van der Waals surface area contributed by atoms with E-state index in [0.717, 1.165) is 67.0 Å². The molecule has 2 fully saturated rings. The van der Waals surface area contributed by atoms with Crippen molar-refractivity contribution in [2.24, 2.45) is 5.92 Å². The van der Waals surface area contributed by atoms with Gasteiger partial charge in [-0.2, -0.15) is 5.10 Å². The molecule has 0 bridgehead atoms. The summed E-state index contributed by atoms with van der Waals surface area (Å²) in [6.45, 7) is 4.38. The first kappa shape index (κ1) is 24.8. The van der Waals surface area contributed by atoms with Crippen molar-refractivity contribution in [2.45, 2.75) is 51.1 Å². The molecule has 0 unspecified atom stereocenters. The normalized spacial score (nSPS) is 18.8. The zero-order chi connectivity index (χ0) is 25.9. The van der Waals surface area contributed by atoms with Gasteiger partial charge in [0.25, 0.3) is 5.91 Å². The number of nitrogens with zero attached hydrogens (tertiary/aromatic N) is 4. The van der Waals surface area contributed by atoms with E-state index >= 15 is 0 Å². The number of aromatic amines is 1. The van der Waals surface area contributed by atoms with Crippen LogP contribution in [0.2, 0.25) is 0 Å². The number of carbonyl (C=O) groups excluding carboxylic acids is 1. The molecular weight excluding hydrogens is 474 g/mol. The van der Waals surface area contributed by atoms with Crippen molar-refractivity contribution in [3.05, 3.63) is 66.2 Å². The number of amides is 1. The van der Waals surface area contributed by atoms with Gasteiger partial charge in [0, 0.05) is 53.3 Å². The minimum Gasteiger partial charge on any atom is -0.357 e. The molecule has 3 N–H and O–H groups in total. The van der Waals surface area contributed by atoms with Gasteiger partial charge in [-0.05, 0) is 94.9 Å². The number of H-pyrrole nitrogens is 1. The molecule has 5 heterocycles. The molecule has 3 aromatic heterocycles. The van der Waals surface area contributed by atoms with Crippen molar-refractivity contribution < 1.29 is 4.79 Å². The molecule has 2 aliphatic heterocycles. The van der Waals surface area contributed by atoms with Gasteiger partial charge >= 0.3 is 0 Å². The number of likely N-dealkylation sites (tertiary alicyclic amines) is 1. The molecule has 2 aliphatic rings. The van der Waals surface area contributed by atoms with Gasteiger partial charge in [-0.15, -0.1) is 0 Å². The highest BCUT2D eigenvalue weighted by molar-refractivity contribution is 6.04. The first-order valence-electron chi connectivity index (χ1n) is 14.0. The summed E-state index contributed by atoms with van der Waals surface area (Å²) < 4.78 is 2.04. The summed E-state index contributed by atoms with van der Waals surface area (Å²) in [4.78, 5) is 23.3. The fourth-order valence-electron chi connectivity index (χ4n) is 5.95. The van der Waals surface area contributed by atoms with Crippen LogP contribution in [0.3, 0.4) is 0 Å². The Morgan fingerprint density at radius 1 is 1.08 bits per heavy atom. The third kappa shape index (κ3) is 5.51. The van der Waals surface area contributed by atoms with E-state index in [-0.39, 0.29) is 5.91 Å². The topological polar surface area (TPSA) is 90.9 Å². The predicted octanol–water partition coefficient (Wildman–Crippen LogP) is 5.23. The number of fused-ring (bicyclic) bond motifs is 1. The average Bonchev–Trinajstić information content (AvgIpc) is 3.69. The summed E-state index contributed by atoms with van der Waals surface area (Å²) in [7, 11) is 2.17. The number of hydrogen-bond acceptors (Lipinski definition) is 5. The first-order valence-corrected chi connectivity index (χ1v) is 14.0. The fraction of sp³-hybridized carbons (Fsp3) is 0.433. The Balaban J connectivity index is 1.06. The van der Waals surface area contributed by atoms with E-state index in [1.165, 1.54) is 31.4 Å². The van der Waals surface area contributed by atoms with E-state index in [4.69, 9.17) is 0 Å². The summed E-state index contributed by atoms with van der Waals surface area (Å²) in [6.07, 6.45) is 13.2. The van der Waals surface area contributed by atoms with Gasteiger partial charge in [-0.25, -0.2) is 4.98 Å². The smallest absolute Gasteiger partial charge is 0.256 e. The standard InChI is InChI=1S/C30H37N7O/c1-36-14-3-5-28(36)27-16-24-18-32-29(17-26(24)34-27)35-30(38)23-8-6-22(7-9-23)25-19-33-37(20-25)15-2-4-21-10-12-31-13-11-21/h6-9,16-21,28,31,34H,2-5,10-15H2,1H3,(H,32,35,38)/t28-/m1/s1. The molecule has 6 rings (SSSR count). The number of hydrogen-bond donors (Lipinski definition) is 3. The Kier molecular flexibility index (Phi) is 7.25. The minimum atomic E-state index is -0.167. The Bertz CT molecular complexity index is 1380. The lowest BCUT2D eigenvalue weighted by Crippen LogP contribution is -2.27. The minimum absolute atomic E-state index is 0.167. The second-order valence-electron chi connectivity index (χ2n) is 10.9. The van der Waals surface area contributed by atoms with Crippen LogP contribution in [0.4, 0.5) is 5.82 Å². The van der Waals surface area contributed by atoms with Crippen LogP contribution in [0.15, 0.2) is 55.0 Å². The van der Waals surface area contributed by atoms with Gasteiger partial charge in [-0.1, -0.05) is 12.1 Å². The van der Waals surface area contributed by atoms with Crippen molar-refractivity contribution in [3.63, 3.8) is 0 Å².